The summed E-state index contributed by atoms with van der Waals surface area (Å²) in [7, 11) is 0. The van der Waals surface area contributed by atoms with Gasteiger partial charge in [-0.25, -0.2) is 14.1 Å². The van der Waals surface area contributed by atoms with Gasteiger partial charge in [0.1, 0.15) is 17.3 Å². The maximum atomic E-state index is 14.2. The minimum Gasteiger partial charge on any atom is -0.348 e. The van der Waals surface area contributed by atoms with Crippen molar-refractivity contribution in [3.05, 3.63) is 71.1 Å². The second-order valence-electron chi connectivity index (χ2n) is 6.44. The maximum Gasteiger partial charge on any atom is 0.295 e. The summed E-state index contributed by atoms with van der Waals surface area (Å²) in [4.78, 5) is 29.1. The average molecular weight is 379 g/mol. The third-order valence-corrected chi connectivity index (χ3v) is 4.50. The molecule has 3 aromatic rings. The number of anilines is 1. The molecule has 7 nitrogen and oxygen atoms in total. The highest BCUT2D eigenvalue weighted by atomic mass is 19.1. The van der Waals surface area contributed by atoms with E-state index < -0.39 is 11.7 Å². The third-order valence-electron chi connectivity index (χ3n) is 4.50. The van der Waals surface area contributed by atoms with Gasteiger partial charge in [-0.15, -0.1) is 5.10 Å². The van der Waals surface area contributed by atoms with Crippen molar-refractivity contribution < 1.29 is 14.0 Å². The van der Waals surface area contributed by atoms with Crippen LogP contribution in [0.5, 0.6) is 0 Å². The smallest absolute Gasteiger partial charge is 0.295 e. The lowest BCUT2D eigenvalue weighted by atomic mass is 10.1. The fourth-order valence-corrected chi connectivity index (χ4v) is 3.20. The van der Waals surface area contributed by atoms with Gasteiger partial charge in [-0.3, -0.25) is 9.59 Å². The molecule has 142 valence electrons. The van der Waals surface area contributed by atoms with Crippen molar-refractivity contribution >= 4 is 17.5 Å². The number of nitrogens with zero attached hydrogens (tertiary/aromatic N) is 3. The summed E-state index contributed by atoms with van der Waals surface area (Å²) < 4.78 is 15.6. The Bertz CT molecular complexity index is 1080. The molecule has 2 N–H and O–H groups in total. The molecule has 0 unspecified atom stereocenters. The van der Waals surface area contributed by atoms with Crippen molar-refractivity contribution in [2.45, 2.75) is 26.3 Å². The van der Waals surface area contributed by atoms with Crippen molar-refractivity contribution in [1.82, 2.24) is 20.1 Å². The normalized spacial score (nSPS) is 12.6. The van der Waals surface area contributed by atoms with E-state index in [-0.39, 0.29) is 17.4 Å². The number of hydrogen-bond acceptors (Lipinski definition) is 4. The lowest BCUT2D eigenvalue weighted by Crippen LogP contribution is -2.18. The van der Waals surface area contributed by atoms with Crippen LogP contribution in [-0.4, -0.2) is 26.6 Å². The van der Waals surface area contributed by atoms with Crippen molar-refractivity contribution in [3.63, 3.8) is 0 Å². The number of carbonyl (C=O) groups excluding carboxylic acids is 2. The van der Waals surface area contributed by atoms with Crippen LogP contribution in [0, 0.1) is 5.82 Å². The SMILES string of the molecule is CCCc1nc(C(=O)Nc2cccc3c2C(=O)NC3)nn1-c1ccccc1F. The Hall–Kier alpha value is -3.55. The monoisotopic (exact) mass is 379 g/mol. The maximum absolute atomic E-state index is 14.2. The van der Waals surface area contributed by atoms with E-state index in [1.807, 2.05) is 13.0 Å². The number of benzene rings is 2. The number of rotatable bonds is 5. The van der Waals surface area contributed by atoms with Crippen LogP contribution >= 0.6 is 0 Å². The first kappa shape index (κ1) is 17.8. The number of aromatic nitrogens is 3. The predicted molar refractivity (Wildman–Crippen MR) is 101 cm³/mol. The van der Waals surface area contributed by atoms with Gasteiger partial charge in [-0.2, -0.15) is 0 Å². The second kappa shape index (κ2) is 7.22. The first-order valence-electron chi connectivity index (χ1n) is 9.00. The Morgan fingerprint density at radius 1 is 1.25 bits per heavy atom. The summed E-state index contributed by atoms with van der Waals surface area (Å²) in [5.74, 6) is -0.825. The minimum absolute atomic E-state index is 0.0808. The minimum atomic E-state index is -0.555. The number of aryl methyl sites for hydroxylation is 1. The first-order valence-corrected chi connectivity index (χ1v) is 9.00. The number of para-hydroxylation sites is 1. The van der Waals surface area contributed by atoms with E-state index in [0.29, 0.717) is 30.0 Å². The number of fused-ring (bicyclic) bond motifs is 1. The highest BCUT2D eigenvalue weighted by Crippen LogP contribution is 2.24. The Kier molecular flexibility index (Phi) is 4.60. The van der Waals surface area contributed by atoms with Gasteiger partial charge < -0.3 is 10.6 Å². The van der Waals surface area contributed by atoms with Crippen LogP contribution in [0.3, 0.4) is 0 Å². The van der Waals surface area contributed by atoms with Crippen LogP contribution in [0.4, 0.5) is 10.1 Å². The van der Waals surface area contributed by atoms with E-state index in [4.69, 9.17) is 0 Å². The summed E-state index contributed by atoms with van der Waals surface area (Å²) in [5, 5.41) is 9.66. The molecule has 0 saturated carbocycles. The summed E-state index contributed by atoms with van der Waals surface area (Å²) >= 11 is 0. The number of halogens is 1. The lowest BCUT2D eigenvalue weighted by Gasteiger charge is -2.07. The average Bonchev–Trinajstić information content (AvgIpc) is 3.27. The van der Waals surface area contributed by atoms with Crippen LogP contribution in [0.1, 0.15) is 45.7 Å². The van der Waals surface area contributed by atoms with Crippen LogP contribution in [-0.2, 0) is 13.0 Å². The number of amides is 2. The zero-order valence-electron chi connectivity index (χ0n) is 15.2. The Balaban J connectivity index is 1.68. The molecule has 0 aliphatic carbocycles. The van der Waals surface area contributed by atoms with Crippen molar-refractivity contribution in [1.29, 1.82) is 0 Å². The molecule has 4 rings (SSSR count). The van der Waals surface area contributed by atoms with E-state index in [9.17, 15) is 14.0 Å². The number of hydrogen-bond donors (Lipinski definition) is 2. The van der Waals surface area contributed by atoms with Crippen LogP contribution in [0.2, 0.25) is 0 Å². The van der Waals surface area contributed by atoms with Crippen LogP contribution < -0.4 is 10.6 Å². The van der Waals surface area contributed by atoms with Gasteiger partial charge in [0, 0.05) is 13.0 Å². The van der Waals surface area contributed by atoms with E-state index in [2.05, 4.69) is 20.7 Å². The largest absolute Gasteiger partial charge is 0.348 e. The molecule has 2 amide bonds. The molecule has 8 heteroatoms. The van der Waals surface area contributed by atoms with Crippen molar-refractivity contribution in [2.24, 2.45) is 0 Å². The Morgan fingerprint density at radius 2 is 2.07 bits per heavy atom. The molecule has 0 radical (unpaired) electrons. The molecule has 1 aliphatic rings. The number of nitrogens with one attached hydrogen (secondary N) is 2. The molecule has 28 heavy (non-hydrogen) atoms. The number of carbonyl (C=O) groups is 2. The Labute approximate surface area is 160 Å². The van der Waals surface area contributed by atoms with Gasteiger partial charge in [-0.1, -0.05) is 31.2 Å². The molecular weight excluding hydrogens is 361 g/mol. The molecule has 1 aliphatic heterocycles. The molecule has 2 heterocycles. The fourth-order valence-electron chi connectivity index (χ4n) is 3.20. The van der Waals surface area contributed by atoms with Crippen molar-refractivity contribution in [2.75, 3.05) is 5.32 Å². The molecule has 1 aromatic heterocycles. The van der Waals surface area contributed by atoms with E-state index in [0.717, 1.165) is 12.0 Å². The quantitative estimate of drug-likeness (QED) is 0.713. The molecular formula is C20H18FN5O2. The molecule has 0 spiro atoms. The summed E-state index contributed by atoms with van der Waals surface area (Å²) in [6.45, 7) is 2.39. The highest BCUT2D eigenvalue weighted by Gasteiger charge is 2.25. The zero-order chi connectivity index (χ0) is 19.7. The summed E-state index contributed by atoms with van der Waals surface area (Å²) in [5.41, 5.74) is 1.90. The van der Waals surface area contributed by atoms with Crippen molar-refractivity contribution in [3.8, 4) is 5.69 Å². The first-order chi connectivity index (χ1) is 13.6. The predicted octanol–water partition coefficient (Wildman–Crippen LogP) is 2.85. The van der Waals surface area contributed by atoms with E-state index in [1.54, 1.807) is 30.3 Å². The molecule has 0 bridgehead atoms. The van der Waals surface area contributed by atoms with Crippen LogP contribution in [0.25, 0.3) is 5.69 Å². The second-order valence-corrected chi connectivity index (χ2v) is 6.44. The molecule has 0 fully saturated rings. The van der Waals surface area contributed by atoms with Gasteiger partial charge in [0.15, 0.2) is 0 Å². The lowest BCUT2D eigenvalue weighted by molar-refractivity contribution is 0.0966. The third kappa shape index (κ3) is 3.13. The Morgan fingerprint density at radius 3 is 2.86 bits per heavy atom. The highest BCUT2D eigenvalue weighted by molar-refractivity contribution is 6.09. The van der Waals surface area contributed by atoms with Gasteiger partial charge in [0.05, 0.1) is 11.3 Å². The fraction of sp³-hybridized carbons (Fsp3) is 0.200. The molecule has 0 saturated heterocycles. The van der Waals surface area contributed by atoms with Gasteiger partial charge >= 0.3 is 0 Å². The van der Waals surface area contributed by atoms with E-state index in [1.165, 1.54) is 10.7 Å². The van der Waals surface area contributed by atoms with Crippen LogP contribution in [0.15, 0.2) is 42.5 Å². The molecule has 2 aromatic carbocycles. The van der Waals surface area contributed by atoms with Gasteiger partial charge in [0.25, 0.3) is 11.8 Å². The van der Waals surface area contributed by atoms with Gasteiger partial charge in [-0.05, 0) is 30.2 Å². The topological polar surface area (TPSA) is 88.9 Å². The summed E-state index contributed by atoms with van der Waals surface area (Å²) in [6.07, 6.45) is 1.30. The summed E-state index contributed by atoms with van der Waals surface area (Å²) in [6, 6.07) is 11.4. The van der Waals surface area contributed by atoms with E-state index >= 15 is 0 Å². The van der Waals surface area contributed by atoms with Gasteiger partial charge in [0.2, 0.25) is 5.82 Å². The zero-order valence-corrected chi connectivity index (χ0v) is 15.2. The standard InChI is InChI=1S/C20H18FN5O2/c1-2-6-16-24-18(25-26(16)15-10-4-3-8-13(15)21)20(28)23-14-9-5-7-12-11-22-19(27)17(12)14/h3-5,7-10H,2,6,11H2,1H3,(H,22,27)(H,23,28). The molecule has 0 atom stereocenters.